The number of amides is 2. The fourth-order valence-corrected chi connectivity index (χ4v) is 2.64. The largest absolute Gasteiger partial charge is 0.328 e. The number of rotatable bonds is 3. The number of hydrogen-bond donors (Lipinski definition) is 3. The van der Waals surface area contributed by atoms with E-state index in [4.69, 9.17) is 5.73 Å². The SMILES string of the molecule is Cc1ccc(NC(=O)C(C)(C)C)cc1NC(=O)C1CCC(N)C1.Cl. The van der Waals surface area contributed by atoms with Crippen LogP contribution in [0.25, 0.3) is 0 Å². The smallest absolute Gasteiger partial charge is 0.229 e. The van der Waals surface area contributed by atoms with Crippen molar-refractivity contribution in [3.05, 3.63) is 23.8 Å². The number of aryl methyl sites for hydroxylation is 1. The highest BCUT2D eigenvalue weighted by molar-refractivity contribution is 5.97. The van der Waals surface area contributed by atoms with Gasteiger partial charge >= 0.3 is 0 Å². The fourth-order valence-electron chi connectivity index (χ4n) is 2.64. The molecular weight excluding hydrogens is 326 g/mol. The Kier molecular flexibility index (Phi) is 6.81. The maximum absolute atomic E-state index is 12.4. The van der Waals surface area contributed by atoms with E-state index in [1.54, 1.807) is 0 Å². The Morgan fingerprint density at radius 3 is 2.38 bits per heavy atom. The molecule has 6 heteroatoms. The van der Waals surface area contributed by atoms with Gasteiger partial charge in [-0.2, -0.15) is 0 Å². The van der Waals surface area contributed by atoms with Crippen LogP contribution in [0, 0.1) is 18.3 Å². The molecule has 134 valence electrons. The highest BCUT2D eigenvalue weighted by atomic mass is 35.5. The number of carbonyl (C=O) groups is 2. The average molecular weight is 354 g/mol. The number of nitrogens with one attached hydrogen (secondary N) is 2. The molecular formula is C18H28ClN3O2. The van der Waals surface area contributed by atoms with Gasteiger partial charge in [0.2, 0.25) is 11.8 Å². The second-order valence-electron chi connectivity index (χ2n) is 7.49. The molecule has 2 amide bonds. The lowest BCUT2D eigenvalue weighted by molar-refractivity contribution is -0.123. The van der Waals surface area contributed by atoms with Crippen LogP contribution in [0.4, 0.5) is 11.4 Å². The van der Waals surface area contributed by atoms with Gasteiger partial charge in [-0.25, -0.2) is 0 Å². The van der Waals surface area contributed by atoms with Crippen LogP contribution in [0.3, 0.4) is 0 Å². The summed E-state index contributed by atoms with van der Waals surface area (Å²) in [7, 11) is 0. The van der Waals surface area contributed by atoms with Crippen molar-refractivity contribution < 1.29 is 9.59 Å². The van der Waals surface area contributed by atoms with Crippen molar-refractivity contribution in [2.24, 2.45) is 17.1 Å². The van der Waals surface area contributed by atoms with Crippen molar-refractivity contribution in [3.63, 3.8) is 0 Å². The van der Waals surface area contributed by atoms with Crippen LogP contribution in [0.2, 0.25) is 0 Å². The molecule has 2 rings (SSSR count). The molecule has 1 aliphatic rings. The predicted octanol–water partition coefficient (Wildman–Crippen LogP) is 3.47. The van der Waals surface area contributed by atoms with Gasteiger partial charge in [-0.3, -0.25) is 9.59 Å². The standard InChI is InChI=1S/C18H27N3O2.ClH/c1-11-5-8-14(20-17(23)18(2,3)4)10-15(11)21-16(22)12-6-7-13(19)9-12;/h5,8,10,12-13H,6-7,9,19H2,1-4H3,(H,20,23)(H,21,22);1H. The van der Waals surface area contributed by atoms with E-state index in [1.165, 1.54) is 0 Å². The Labute approximate surface area is 150 Å². The van der Waals surface area contributed by atoms with Crippen molar-refractivity contribution in [2.45, 2.75) is 53.0 Å². The van der Waals surface area contributed by atoms with Gasteiger partial charge in [0, 0.05) is 28.7 Å². The van der Waals surface area contributed by atoms with Crippen LogP contribution >= 0.6 is 12.4 Å². The molecule has 0 heterocycles. The number of hydrogen-bond acceptors (Lipinski definition) is 3. The summed E-state index contributed by atoms with van der Waals surface area (Å²) < 4.78 is 0. The fraction of sp³-hybridized carbons (Fsp3) is 0.556. The Morgan fingerprint density at radius 1 is 1.17 bits per heavy atom. The summed E-state index contributed by atoms with van der Waals surface area (Å²) in [6.07, 6.45) is 2.48. The summed E-state index contributed by atoms with van der Waals surface area (Å²) in [4.78, 5) is 24.4. The highest BCUT2D eigenvalue weighted by Gasteiger charge is 2.28. The first-order chi connectivity index (χ1) is 10.7. The molecule has 2 unspecified atom stereocenters. The topological polar surface area (TPSA) is 84.2 Å². The van der Waals surface area contributed by atoms with E-state index in [1.807, 2.05) is 45.9 Å². The number of halogens is 1. The third kappa shape index (κ3) is 5.21. The first-order valence-electron chi connectivity index (χ1n) is 8.15. The van der Waals surface area contributed by atoms with Crippen LogP contribution in [-0.4, -0.2) is 17.9 Å². The lowest BCUT2D eigenvalue weighted by Crippen LogP contribution is -2.27. The van der Waals surface area contributed by atoms with Gasteiger partial charge in [0.15, 0.2) is 0 Å². The first kappa shape index (κ1) is 20.5. The monoisotopic (exact) mass is 353 g/mol. The molecule has 0 aromatic heterocycles. The van der Waals surface area contributed by atoms with Gasteiger partial charge in [-0.15, -0.1) is 12.4 Å². The summed E-state index contributed by atoms with van der Waals surface area (Å²) in [5, 5.41) is 5.87. The lowest BCUT2D eigenvalue weighted by Gasteiger charge is -2.19. The summed E-state index contributed by atoms with van der Waals surface area (Å²) in [5.74, 6) is -0.0574. The Bertz CT molecular complexity index is 611. The zero-order chi connectivity index (χ0) is 17.2. The van der Waals surface area contributed by atoms with Crippen LogP contribution in [0.15, 0.2) is 18.2 Å². The Morgan fingerprint density at radius 2 is 1.83 bits per heavy atom. The maximum atomic E-state index is 12.4. The van der Waals surface area contributed by atoms with Gasteiger partial charge in [0.1, 0.15) is 0 Å². The van der Waals surface area contributed by atoms with E-state index in [0.717, 1.165) is 30.5 Å². The van der Waals surface area contributed by atoms with Crippen molar-refractivity contribution in [1.29, 1.82) is 0 Å². The van der Waals surface area contributed by atoms with E-state index < -0.39 is 5.41 Å². The molecule has 1 saturated carbocycles. The third-order valence-electron chi connectivity index (χ3n) is 4.28. The summed E-state index contributed by atoms with van der Waals surface area (Å²) in [6, 6.07) is 5.68. The number of carbonyl (C=O) groups excluding carboxylic acids is 2. The predicted molar refractivity (Wildman–Crippen MR) is 100 cm³/mol. The molecule has 0 radical (unpaired) electrons. The van der Waals surface area contributed by atoms with Gasteiger partial charge in [-0.1, -0.05) is 26.8 Å². The highest BCUT2D eigenvalue weighted by Crippen LogP contribution is 2.27. The van der Waals surface area contributed by atoms with Crippen molar-refractivity contribution in [2.75, 3.05) is 10.6 Å². The Balaban J connectivity index is 0.00000288. The van der Waals surface area contributed by atoms with Crippen LogP contribution in [-0.2, 0) is 9.59 Å². The van der Waals surface area contributed by atoms with Crippen molar-refractivity contribution >= 4 is 35.6 Å². The van der Waals surface area contributed by atoms with Gasteiger partial charge in [0.05, 0.1) is 0 Å². The summed E-state index contributed by atoms with van der Waals surface area (Å²) in [5.41, 5.74) is 7.81. The molecule has 5 nitrogen and oxygen atoms in total. The van der Waals surface area contributed by atoms with Crippen LogP contribution in [0.5, 0.6) is 0 Å². The van der Waals surface area contributed by atoms with E-state index in [-0.39, 0.29) is 36.2 Å². The summed E-state index contributed by atoms with van der Waals surface area (Å²) >= 11 is 0. The second kappa shape index (κ2) is 7.99. The minimum absolute atomic E-state index is 0. The van der Waals surface area contributed by atoms with Gasteiger partial charge in [-0.05, 0) is 43.9 Å². The molecule has 0 saturated heterocycles. The zero-order valence-corrected chi connectivity index (χ0v) is 15.6. The van der Waals surface area contributed by atoms with E-state index >= 15 is 0 Å². The molecule has 4 N–H and O–H groups in total. The van der Waals surface area contributed by atoms with Crippen LogP contribution < -0.4 is 16.4 Å². The second-order valence-corrected chi connectivity index (χ2v) is 7.49. The average Bonchev–Trinajstić information content (AvgIpc) is 2.88. The molecule has 1 aromatic carbocycles. The zero-order valence-electron chi connectivity index (χ0n) is 14.8. The molecule has 1 aromatic rings. The molecule has 1 fully saturated rings. The number of benzene rings is 1. The molecule has 1 aliphatic carbocycles. The minimum Gasteiger partial charge on any atom is -0.328 e. The van der Waals surface area contributed by atoms with Crippen LogP contribution in [0.1, 0.15) is 45.6 Å². The van der Waals surface area contributed by atoms with E-state index in [2.05, 4.69) is 10.6 Å². The van der Waals surface area contributed by atoms with Gasteiger partial charge < -0.3 is 16.4 Å². The van der Waals surface area contributed by atoms with Crippen molar-refractivity contribution in [3.8, 4) is 0 Å². The first-order valence-corrected chi connectivity index (χ1v) is 8.15. The maximum Gasteiger partial charge on any atom is 0.229 e. The molecule has 0 spiro atoms. The lowest BCUT2D eigenvalue weighted by atomic mass is 9.95. The number of nitrogens with two attached hydrogens (primary N) is 1. The third-order valence-corrected chi connectivity index (χ3v) is 4.28. The van der Waals surface area contributed by atoms with E-state index in [9.17, 15) is 9.59 Å². The summed E-state index contributed by atoms with van der Waals surface area (Å²) in [6.45, 7) is 7.53. The van der Waals surface area contributed by atoms with Gasteiger partial charge in [0.25, 0.3) is 0 Å². The Hall–Kier alpha value is -1.59. The molecule has 0 bridgehead atoms. The minimum atomic E-state index is -0.464. The quantitative estimate of drug-likeness (QED) is 0.777. The van der Waals surface area contributed by atoms with E-state index in [0.29, 0.717) is 5.69 Å². The molecule has 0 aliphatic heterocycles. The van der Waals surface area contributed by atoms with Crippen molar-refractivity contribution in [1.82, 2.24) is 0 Å². The molecule has 2 atom stereocenters. The number of anilines is 2. The molecule has 24 heavy (non-hydrogen) atoms. The normalized spacial score (nSPS) is 20.2.